The number of piperidine rings is 1. The van der Waals surface area contributed by atoms with Gasteiger partial charge in [-0.15, -0.1) is 0 Å². The van der Waals surface area contributed by atoms with Gasteiger partial charge < -0.3 is 14.4 Å². The summed E-state index contributed by atoms with van der Waals surface area (Å²) in [6, 6.07) is 8.15. The van der Waals surface area contributed by atoms with E-state index in [9.17, 15) is 4.79 Å². The molecule has 3 fully saturated rings. The van der Waals surface area contributed by atoms with Gasteiger partial charge in [0.05, 0.1) is 7.11 Å². The fraction of sp³-hybridized carbons (Fsp3) is 0.550. The number of ether oxygens (including phenoxy) is 2. The Labute approximate surface area is 143 Å². The van der Waals surface area contributed by atoms with Crippen LogP contribution in [0, 0.1) is 5.92 Å². The second kappa shape index (κ2) is 6.50. The summed E-state index contributed by atoms with van der Waals surface area (Å²) in [5.74, 6) is 2.46. The molecule has 0 radical (unpaired) electrons. The van der Waals surface area contributed by atoms with E-state index in [1.165, 1.54) is 12.8 Å². The topological polar surface area (TPSA) is 38.8 Å². The summed E-state index contributed by atoms with van der Waals surface area (Å²) in [4.78, 5) is 14.8. The lowest BCUT2D eigenvalue weighted by atomic mass is 9.95. The number of rotatable bonds is 5. The predicted octanol–water partition coefficient (Wildman–Crippen LogP) is 3.56. The molecule has 2 heterocycles. The molecule has 1 aromatic carbocycles. The second-order valence-corrected chi connectivity index (χ2v) is 7.22. The number of hydrogen-bond acceptors (Lipinski definition) is 3. The first-order chi connectivity index (χ1) is 11.7. The molecule has 4 rings (SSSR count). The molecule has 2 saturated heterocycles. The van der Waals surface area contributed by atoms with Crippen molar-refractivity contribution in [3.05, 3.63) is 35.9 Å². The molecule has 2 atom stereocenters. The Bertz CT molecular complexity index is 617. The Balaban J connectivity index is 1.34. The van der Waals surface area contributed by atoms with Crippen LogP contribution in [0.4, 0.5) is 0 Å². The van der Waals surface area contributed by atoms with Gasteiger partial charge >= 0.3 is 0 Å². The van der Waals surface area contributed by atoms with E-state index in [-0.39, 0.29) is 12.5 Å². The van der Waals surface area contributed by atoms with Crippen molar-refractivity contribution >= 4 is 5.91 Å². The molecule has 2 bridgehead atoms. The van der Waals surface area contributed by atoms with E-state index in [1.54, 1.807) is 12.7 Å². The lowest BCUT2D eigenvalue weighted by Gasteiger charge is -2.36. The smallest absolute Gasteiger partial charge is 0.261 e. The number of hydrogen-bond donors (Lipinski definition) is 0. The Hall–Kier alpha value is -1.97. The zero-order chi connectivity index (χ0) is 16.5. The number of carbonyl (C=O) groups excluding carboxylic acids is 1. The molecule has 4 heteroatoms. The van der Waals surface area contributed by atoms with Crippen LogP contribution in [0.1, 0.15) is 38.5 Å². The molecule has 3 aliphatic rings. The van der Waals surface area contributed by atoms with Gasteiger partial charge in [-0.05, 0) is 68.7 Å². The molecular weight excluding hydrogens is 302 g/mol. The molecule has 0 N–H and O–H groups in total. The summed E-state index contributed by atoms with van der Waals surface area (Å²) in [6.45, 7) is 0.126. The number of amides is 1. The maximum absolute atomic E-state index is 12.7. The molecule has 2 aliphatic heterocycles. The second-order valence-electron chi connectivity index (χ2n) is 7.22. The fourth-order valence-electron chi connectivity index (χ4n) is 4.08. The maximum atomic E-state index is 12.7. The monoisotopic (exact) mass is 327 g/mol. The van der Waals surface area contributed by atoms with Crippen molar-refractivity contribution in [3.63, 3.8) is 0 Å². The number of nitrogens with zero attached hydrogens (tertiary/aromatic N) is 1. The Kier molecular flexibility index (Phi) is 4.21. The standard InChI is InChI=1S/C20H25NO3/c1-23-18-6-8-19(9-7-18)24-13-20(22)21-16-4-5-17(21)12-15(11-16)10-14-2-3-14/h6-10,14,16-17H,2-5,11-13H2,1H3. The van der Waals surface area contributed by atoms with E-state index in [4.69, 9.17) is 9.47 Å². The number of methoxy groups -OCH3 is 1. The molecule has 0 spiro atoms. The highest BCUT2D eigenvalue weighted by Gasteiger charge is 2.41. The average molecular weight is 327 g/mol. The third kappa shape index (κ3) is 3.28. The molecule has 4 nitrogen and oxygen atoms in total. The zero-order valence-electron chi connectivity index (χ0n) is 14.2. The molecule has 0 aromatic heterocycles. The van der Waals surface area contributed by atoms with Crippen LogP contribution in [0.15, 0.2) is 35.9 Å². The highest BCUT2D eigenvalue weighted by molar-refractivity contribution is 5.79. The van der Waals surface area contributed by atoms with Crippen LogP contribution >= 0.6 is 0 Å². The van der Waals surface area contributed by atoms with Crippen LogP contribution in [-0.4, -0.2) is 36.6 Å². The fourth-order valence-corrected chi connectivity index (χ4v) is 4.08. The number of allylic oxidation sites excluding steroid dienone is 1. The van der Waals surface area contributed by atoms with E-state index in [0.29, 0.717) is 17.8 Å². The van der Waals surface area contributed by atoms with E-state index < -0.39 is 0 Å². The van der Waals surface area contributed by atoms with Crippen molar-refractivity contribution in [2.24, 2.45) is 5.92 Å². The van der Waals surface area contributed by atoms with Gasteiger partial charge in [-0.25, -0.2) is 0 Å². The van der Waals surface area contributed by atoms with Gasteiger partial charge in [0, 0.05) is 12.1 Å². The third-order valence-corrected chi connectivity index (χ3v) is 5.42. The van der Waals surface area contributed by atoms with Gasteiger partial charge in [0.25, 0.3) is 5.91 Å². The minimum Gasteiger partial charge on any atom is -0.497 e. The summed E-state index contributed by atoms with van der Waals surface area (Å²) >= 11 is 0. The number of fused-ring (bicyclic) bond motifs is 2. The van der Waals surface area contributed by atoms with Crippen LogP contribution in [0.25, 0.3) is 0 Å². The zero-order valence-corrected chi connectivity index (χ0v) is 14.2. The van der Waals surface area contributed by atoms with E-state index >= 15 is 0 Å². The normalized spacial score (nSPS) is 25.5. The first kappa shape index (κ1) is 15.6. The van der Waals surface area contributed by atoms with Crippen LogP contribution in [0.3, 0.4) is 0 Å². The highest BCUT2D eigenvalue weighted by Crippen LogP contribution is 2.41. The van der Waals surface area contributed by atoms with Crippen molar-refractivity contribution in [1.29, 1.82) is 0 Å². The van der Waals surface area contributed by atoms with Crippen molar-refractivity contribution < 1.29 is 14.3 Å². The lowest BCUT2D eigenvalue weighted by Crippen LogP contribution is -2.46. The SMILES string of the molecule is COc1ccc(OCC(=O)N2C3CCC2CC(=CC2CC2)C3)cc1. The van der Waals surface area contributed by atoms with Crippen molar-refractivity contribution in [2.45, 2.75) is 50.6 Å². The van der Waals surface area contributed by atoms with Crippen molar-refractivity contribution in [3.8, 4) is 11.5 Å². The maximum Gasteiger partial charge on any atom is 0.261 e. The first-order valence-corrected chi connectivity index (χ1v) is 9.00. The van der Waals surface area contributed by atoms with Crippen molar-refractivity contribution in [2.75, 3.05) is 13.7 Å². The van der Waals surface area contributed by atoms with Crippen LogP contribution < -0.4 is 9.47 Å². The largest absolute Gasteiger partial charge is 0.497 e. The van der Waals surface area contributed by atoms with Gasteiger partial charge in [0.15, 0.2) is 6.61 Å². The van der Waals surface area contributed by atoms with E-state index in [0.717, 1.165) is 37.4 Å². The van der Waals surface area contributed by atoms with E-state index in [1.807, 2.05) is 24.3 Å². The molecule has 1 aliphatic carbocycles. The molecule has 24 heavy (non-hydrogen) atoms. The van der Waals surface area contributed by atoms with Gasteiger partial charge in [-0.1, -0.05) is 11.6 Å². The summed E-state index contributed by atoms with van der Waals surface area (Å²) < 4.78 is 10.8. The predicted molar refractivity (Wildman–Crippen MR) is 92.2 cm³/mol. The number of carbonyl (C=O) groups is 1. The van der Waals surface area contributed by atoms with Gasteiger partial charge in [-0.3, -0.25) is 4.79 Å². The van der Waals surface area contributed by atoms with Gasteiger partial charge in [0.1, 0.15) is 11.5 Å². The van der Waals surface area contributed by atoms with Crippen LogP contribution in [0.2, 0.25) is 0 Å². The molecule has 1 saturated carbocycles. The number of benzene rings is 1. The van der Waals surface area contributed by atoms with Gasteiger partial charge in [0.2, 0.25) is 0 Å². The molecule has 2 unspecified atom stereocenters. The van der Waals surface area contributed by atoms with Crippen LogP contribution in [-0.2, 0) is 4.79 Å². The lowest BCUT2D eigenvalue weighted by molar-refractivity contribution is -0.137. The Morgan fingerprint density at radius 2 is 1.71 bits per heavy atom. The van der Waals surface area contributed by atoms with E-state index in [2.05, 4.69) is 11.0 Å². The summed E-state index contributed by atoms with van der Waals surface area (Å²) in [5.41, 5.74) is 1.59. The van der Waals surface area contributed by atoms with Crippen LogP contribution in [0.5, 0.6) is 11.5 Å². The molecule has 1 aromatic rings. The Morgan fingerprint density at radius 1 is 1.08 bits per heavy atom. The van der Waals surface area contributed by atoms with Crippen molar-refractivity contribution in [1.82, 2.24) is 4.90 Å². The minimum atomic E-state index is 0.126. The molecular formula is C20H25NO3. The summed E-state index contributed by atoms with van der Waals surface area (Å²) in [5, 5.41) is 0. The first-order valence-electron chi connectivity index (χ1n) is 9.00. The Morgan fingerprint density at radius 3 is 2.29 bits per heavy atom. The molecule has 128 valence electrons. The average Bonchev–Trinajstić information content (AvgIpc) is 3.37. The molecule has 1 amide bonds. The quantitative estimate of drug-likeness (QED) is 0.776. The minimum absolute atomic E-state index is 0.126. The van der Waals surface area contributed by atoms with Gasteiger partial charge in [-0.2, -0.15) is 0 Å². The highest BCUT2D eigenvalue weighted by atomic mass is 16.5. The summed E-state index contributed by atoms with van der Waals surface area (Å²) in [6.07, 6.45) is 9.62. The summed E-state index contributed by atoms with van der Waals surface area (Å²) in [7, 11) is 1.64. The third-order valence-electron chi connectivity index (χ3n) is 5.42.